The molecule has 0 atom stereocenters. The molecular weight excluding hydrogens is 723 g/mol. The average Bonchev–Trinajstić information content (AvgIpc) is 3.84. The molecule has 0 bridgehead atoms. The van der Waals surface area contributed by atoms with Crippen LogP contribution >= 0.6 is 11.3 Å². The molecule has 57 heavy (non-hydrogen) atoms. The summed E-state index contributed by atoms with van der Waals surface area (Å²) in [4.78, 5) is 15.0. The van der Waals surface area contributed by atoms with E-state index in [-0.39, 0.29) is 16.6 Å². The van der Waals surface area contributed by atoms with Crippen LogP contribution in [0.3, 0.4) is 0 Å². The van der Waals surface area contributed by atoms with Crippen molar-refractivity contribution in [1.29, 1.82) is 0 Å². The molecule has 0 radical (unpaired) electrons. The van der Waals surface area contributed by atoms with Crippen molar-refractivity contribution in [3.63, 3.8) is 0 Å². The SMILES string of the molecule is Cc1oc2ccc(O)c(-c3nc4c(-c5cc(-c6ncnc7cc(CC(C)(C)C)oc67)cc(C(C)(C)C)c5)ccc(-c5c(C(C)C)cccc5C(C)C)c4s3)c2c1C. The van der Waals surface area contributed by atoms with Gasteiger partial charge in [0.15, 0.2) is 5.58 Å². The number of aromatic nitrogens is 3. The molecule has 0 amide bonds. The maximum absolute atomic E-state index is 11.6. The van der Waals surface area contributed by atoms with Crippen molar-refractivity contribution in [2.45, 2.75) is 107 Å². The fourth-order valence-electron chi connectivity index (χ4n) is 8.14. The Kier molecular flexibility index (Phi) is 9.47. The third-order valence-corrected chi connectivity index (χ3v) is 12.3. The molecule has 0 saturated heterocycles. The zero-order chi connectivity index (χ0) is 40.7. The van der Waals surface area contributed by atoms with Gasteiger partial charge in [-0.15, -0.1) is 11.3 Å². The summed E-state index contributed by atoms with van der Waals surface area (Å²) >= 11 is 1.64. The fraction of sp³-hybridized carbons (Fsp3) is 0.340. The lowest BCUT2D eigenvalue weighted by Crippen LogP contribution is -2.11. The van der Waals surface area contributed by atoms with Crippen LogP contribution in [0.15, 0.2) is 81.9 Å². The largest absolute Gasteiger partial charge is 0.507 e. The molecule has 0 fully saturated rings. The standard InChI is InChI=1S/C50H53N3O3S/c1-26(2)34-14-13-15-35(27(3)4)42(34)37-17-16-36(45-47(37)57-48(53-45)43-39(54)18-19-40-41(43)28(5)29(6)55-40)30-20-31(22-32(21-30)50(10,11)12)44-46-38(51-25-52-44)23-33(56-46)24-49(7,8)9/h13-23,25-27,54H,24H2,1-12H3. The second-order valence-electron chi connectivity index (χ2n) is 18.5. The van der Waals surface area contributed by atoms with Crippen LogP contribution in [-0.4, -0.2) is 20.1 Å². The van der Waals surface area contributed by atoms with Gasteiger partial charge in [-0.25, -0.2) is 15.0 Å². The van der Waals surface area contributed by atoms with Gasteiger partial charge in [-0.05, 0) is 94.2 Å². The van der Waals surface area contributed by atoms with Crippen LogP contribution in [0.4, 0.5) is 0 Å². The second-order valence-corrected chi connectivity index (χ2v) is 19.5. The Balaban J connectivity index is 1.44. The van der Waals surface area contributed by atoms with Crippen LogP contribution in [0, 0.1) is 19.3 Å². The predicted octanol–water partition coefficient (Wildman–Crippen LogP) is 14.7. The molecule has 4 aromatic carbocycles. The van der Waals surface area contributed by atoms with Gasteiger partial charge in [0, 0.05) is 34.6 Å². The molecule has 7 heteroatoms. The third kappa shape index (κ3) is 6.94. The minimum atomic E-state index is -0.162. The lowest BCUT2D eigenvalue weighted by atomic mass is 9.82. The summed E-state index contributed by atoms with van der Waals surface area (Å²) in [5, 5.41) is 13.2. The number of fused-ring (bicyclic) bond motifs is 3. The second kappa shape index (κ2) is 14.0. The Bertz CT molecular complexity index is 2810. The quantitative estimate of drug-likeness (QED) is 0.173. The highest BCUT2D eigenvalue weighted by molar-refractivity contribution is 7.22. The van der Waals surface area contributed by atoms with Crippen LogP contribution in [0.2, 0.25) is 0 Å². The van der Waals surface area contributed by atoms with Gasteiger partial charge in [0.05, 0.1) is 15.8 Å². The first-order valence-electron chi connectivity index (χ1n) is 20.1. The lowest BCUT2D eigenvalue weighted by Gasteiger charge is -2.22. The molecule has 0 aliphatic rings. The van der Waals surface area contributed by atoms with Gasteiger partial charge in [-0.1, -0.05) is 106 Å². The van der Waals surface area contributed by atoms with Gasteiger partial charge in [-0.3, -0.25) is 0 Å². The smallest absolute Gasteiger partial charge is 0.178 e. The van der Waals surface area contributed by atoms with Crippen molar-refractivity contribution in [2.75, 3.05) is 0 Å². The van der Waals surface area contributed by atoms with E-state index in [1.807, 2.05) is 13.0 Å². The summed E-state index contributed by atoms with van der Waals surface area (Å²) < 4.78 is 13.8. The molecule has 8 rings (SSSR count). The highest BCUT2D eigenvalue weighted by Crippen LogP contribution is 2.49. The Morgan fingerprint density at radius 2 is 1.44 bits per heavy atom. The lowest BCUT2D eigenvalue weighted by molar-refractivity contribution is 0.370. The molecule has 1 N–H and O–H groups in total. The molecule has 0 saturated carbocycles. The van der Waals surface area contributed by atoms with Crippen molar-refractivity contribution >= 4 is 43.6 Å². The number of phenols is 1. The van der Waals surface area contributed by atoms with Gasteiger partial charge in [0.1, 0.15) is 45.4 Å². The van der Waals surface area contributed by atoms with E-state index in [1.54, 1.807) is 23.7 Å². The van der Waals surface area contributed by atoms with Crippen molar-refractivity contribution in [2.24, 2.45) is 5.41 Å². The van der Waals surface area contributed by atoms with Crippen molar-refractivity contribution in [1.82, 2.24) is 15.0 Å². The summed E-state index contributed by atoms with van der Waals surface area (Å²) in [5.74, 6) is 2.56. The van der Waals surface area contributed by atoms with Gasteiger partial charge < -0.3 is 13.9 Å². The Morgan fingerprint density at radius 1 is 0.754 bits per heavy atom. The summed E-state index contributed by atoms with van der Waals surface area (Å²) in [7, 11) is 0. The number of nitrogens with zero attached hydrogens (tertiary/aromatic N) is 3. The topological polar surface area (TPSA) is 85.2 Å². The summed E-state index contributed by atoms with van der Waals surface area (Å²) in [6.07, 6.45) is 2.44. The van der Waals surface area contributed by atoms with E-state index < -0.39 is 0 Å². The number of phenolic OH excluding ortho intramolecular Hbond substituents is 1. The average molecular weight is 776 g/mol. The number of thiazole rings is 1. The summed E-state index contributed by atoms with van der Waals surface area (Å²) in [5.41, 5.74) is 14.8. The Morgan fingerprint density at radius 3 is 2.11 bits per heavy atom. The first-order chi connectivity index (χ1) is 26.9. The minimum Gasteiger partial charge on any atom is -0.507 e. The van der Waals surface area contributed by atoms with E-state index in [0.717, 1.165) is 83.2 Å². The molecule has 0 unspecified atom stereocenters. The zero-order valence-electron chi connectivity index (χ0n) is 35.3. The van der Waals surface area contributed by atoms with E-state index in [4.69, 9.17) is 18.8 Å². The van der Waals surface area contributed by atoms with E-state index in [0.29, 0.717) is 23.0 Å². The predicted molar refractivity (Wildman–Crippen MR) is 238 cm³/mol. The van der Waals surface area contributed by atoms with Crippen LogP contribution in [0.5, 0.6) is 5.75 Å². The van der Waals surface area contributed by atoms with Gasteiger partial charge in [-0.2, -0.15) is 0 Å². The van der Waals surface area contributed by atoms with Gasteiger partial charge in [0.2, 0.25) is 0 Å². The third-order valence-electron chi connectivity index (χ3n) is 11.2. The number of aromatic hydroxyl groups is 1. The number of furan rings is 2. The van der Waals surface area contributed by atoms with E-state index in [1.165, 1.54) is 22.3 Å². The Hall–Kier alpha value is -5.27. The molecule has 0 spiro atoms. The number of aryl methyl sites for hydroxylation is 2. The normalized spacial score (nSPS) is 12.7. The maximum Gasteiger partial charge on any atom is 0.178 e. The first kappa shape index (κ1) is 38.6. The zero-order valence-corrected chi connectivity index (χ0v) is 36.1. The monoisotopic (exact) mass is 775 g/mol. The molecule has 0 aliphatic carbocycles. The highest BCUT2D eigenvalue weighted by Gasteiger charge is 2.27. The molecule has 292 valence electrons. The van der Waals surface area contributed by atoms with E-state index in [2.05, 4.69) is 136 Å². The number of hydrogen-bond donors (Lipinski definition) is 1. The Labute approximate surface area is 340 Å². The fourth-order valence-corrected chi connectivity index (χ4v) is 9.31. The number of rotatable bonds is 7. The van der Waals surface area contributed by atoms with Crippen molar-refractivity contribution in [3.8, 4) is 49.8 Å². The molecule has 6 nitrogen and oxygen atoms in total. The number of hydrogen-bond acceptors (Lipinski definition) is 7. The van der Waals surface area contributed by atoms with E-state index >= 15 is 0 Å². The molecule has 8 aromatic rings. The van der Waals surface area contributed by atoms with Crippen molar-refractivity contribution < 1.29 is 13.9 Å². The van der Waals surface area contributed by atoms with Crippen LogP contribution in [0.1, 0.15) is 115 Å². The molecule has 0 aliphatic heterocycles. The van der Waals surface area contributed by atoms with E-state index in [9.17, 15) is 5.11 Å². The maximum atomic E-state index is 11.6. The highest BCUT2D eigenvalue weighted by atomic mass is 32.1. The molecule has 4 heterocycles. The first-order valence-corrected chi connectivity index (χ1v) is 20.9. The van der Waals surface area contributed by atoms with Crippen LogP contribution in [-0.2, 0) is 11.8 Å². The number of benzene rings is 4. The van der Waals surface area contributed by atoms with Crippen LogP contribution < -0.4 is 0 Å². The van der Waals surface area contributed by atoms with Crippen LogP contribution in [0.25, 0.3) is 76.4 Å². The van der Waals surface area contributed by atoms with Gasteiger partial charge >= 0.3 is 0 Å². The summed E-state index contributed by atoms with van der Waals surface area (Å²) in [6, 6.07) is 23.6. The van der Waals surface area contributed by atoms with Crippen molar-refractivity contribution in [3.05, 3.63) is 107 Å². The summed E-state index contributed by atoms with van der Waals surface area (Å²) in [6.45, 7) is 26.5. The van der Waals surface area contributed by atoms with Gasteiger partial charge in [0.25, 0.3) is 0 Å². The molecular formula is C50H53N3O3S. The minimum absolute atomic E-state index is 0.0633. The molecule has 4 aromatic heterocycles.